The van der Waals surface area contributed by atoms with Gasteiger partial charge in [-0.05, 0) is 31.4 Å². The Kier molecular flexibility index (Phi) is 3.67. The van der Waals surface area contributed by atoms with Crippen LogP contribution in [0.3, 0.4) is 0 Å². The minimum absolute atomic E-state index is 0.0412. The van der Waals surface area contributed by atoms with Crippen molar-refractivity contribution in [3.8, 4) is 0 Å². The van der Waals surface area contributed by atoms with Gasteiger partial charge in [-0.3, -0.25) is 4.79 Å². The number of carbonyl (C=O) groups excluding carboxylic acids is 1. The van der Waals surface area contributed by atoms with Gasteiger partial charge in [-0.15, -0.1) is 0 Å². The highest BCUT2D eigenvalue weighted by Gasteiger charge is 2.39. The van der Waals surface area contributed by atoms with Gasteiger partial charge in [-0.2, -0.15) is 0 Å². The van der Waals surface area contributed by atoms with E-state index in [1.807, 2.05) is 31.2 Å². The molecule has 0 saturated carbocycles. The Hall–Kier alpha value is -1.36. The molecule has 19 heavy (non-hydrogen) atoms. The van der Waals surface area contributed by atoms with Crippen LogP contribution in [0.25, 0.3) is 0 Å². The highest BCUT2D eigenvalue weighted by atomic mass is 32.2. The summed E-state index contributed by atoms with van der Waals surface area (Å²) >= 11 is 0. The first-order chi connectivity index (χ1) is 8.80. The standard InChI is InChI=1S/C14H19NO3S/c1-11-5-3-4-6-12(11)9-13(16)15-14(2)7-8-19(17,18)10-14/h3-6H,7-10H2,1-2H3,(H,15,16). The number of rotatable bonds is 3. The third kappa shape index (κ3) is 3.56. The molecule has 1 amide bonds. The van der Waals surface area contributed by atoms with Gasteiger partial charge in [0.25, 0.3) is 0 Å². The lowest BCUT2D eigenvalue weighted by molar-refractivity contribution is -0.121. The van der Waals surface area contributed by atoms with Crippen LogP contribution in [0.2, 0.25) is 0 Å². The average molecular weight is 281 g/mol. The van der Waals surface area contributed by atoms with E-state index >= 15 is 0 Å². The number of benzene rings is 1. The molecule has 0 bridgehead atoms. The zero-order valence-electron chi connectivity index (χ0n) is 11.3. The third-order valence-corrected chi connectivity index (χ3v) is 5.46. The Morgan fingerprint density at radius 3 is 2.63 bits per heavy atom. The van der Waals surface area contributed by atoms with Crippen LogP contribution < -0.4 is 5.32 Å². The maximum atomic E-state index is 12.0. The fraction of sp³-hybridized carbons (Fsp3) is 0.500. The molecule has 1 N–H and O–H groups in total. The summed E-state index contributed by atoms with van der Waals surface area (Å²) in [6, 6.07) is 7.71. The van der Waals surface area contributed by atoms with Gasteiger partial charge in [0.05, 0.1) is 23.5 Å². The van der Waals surface area contributed by atoms with Gasteiger partial charge < -0.3 is 5.32 Å². The van der Waals surface area contributed by atoms with Crippen LogP contribution in [-0.4, -0.2) is 31.4 Å². The summed E-state index contributed by atoms with van der Waals surface area (Å²) in [6.45, 7) is 3.76. The summed E-state index contributed by atoms with van der Waals surface area (Å²) in [7, 11) is -3.00. The van der Waals surface area contributed by atoms with Crippen LogP contribution in [0.4, 0.5) is 0 Å². The summed E-state index contributed by atoms with van der Waals surface area (Å²) in [5.41, 5.74) is 1.44. The van der Waals surface area contributed by atoms with Gasteiger partial charge in [-0.25, -0.2) is 8.42 Å². The highest BCUT2D eigenvalue weighted by Crippen LogP contribution is 2.23. The number of hydrogen-bond acceptors (Lipinski definition) is 3. The van der Waals surface area contributed by atoms with Crippen molar-refractivity contribution in [1.29, 1.82) is 0 Å². The number of aryl methyl sites for hydroxylation is 1. The predicted molar refractivity (Wildman–Crippen MR) is 74.7 cm³/mol. The van der Waals surface area contributed by atoms with Crippen LogP contribution in [0.5, 0.6) is 0 Å². The Bertz CT molecular complexity index is 594. The zero-order valence-corrected chi connectivity index (χ0v) is 12.1. The van der Waals surface area contributed by atoms with Crippen molar-refractivity contribution < 1.29 is 13.2 Å². The van der Waals surface area contributed by atoms with E-state index in [1.165, 1.54) is 0 Å². The van der Waals surface area contributed by atoms with Crippen LogP contribution in [0.15, 0.2) is 24.3 Å². The molecule has 1 saturated heterocycles. The van der Waals surface area contributed by atoms with Crippen molar-refractivity contribution in [3.63, 3.8) is 0 Å². The van der Waals surface area contributed by atoms with Crippen LogP contribution in [-0.2, 0) is 21.1 Å². The molecule has 1 unspecified atom stereocenters. The fourth-order valence-electron chi connectivity index (χ4n) is 2.47. The largest absolute Gasteiger partial charge is 0.350 e. The summed E-state index contributed by atoms with van der Waals surface area (Å²) in [4.78, 5) is 12.0. The number of amides is 1. The predicted octanol–water partition coefficient (Wildman–Crippen LogP) is 1.23. The molecule has 1 aromatic rings. The van der Waals surface area contributed by atoms with Crippen molar-refractivity contribution in [2.45, 2.75) is 32.2 Å². The lowest BCUT2D eigenvalue weighted by Crippen LogP contribution is -2.47. The number of nitrogens with one attached hydrogen (secondary N) is 1. The summed E-state index contributed by atoms with van der Waals surface area (Å²) in [5.74, 6) is 0.0853. The Balaban J connectivity index is 2.01. The first-order valence-corrected chi connectivity index (χ1v) is 8.18. The molecule has 1 heterocycles. The number of sulfone groups is 1. The molecule has 104 valence electrons. The maximum Gasteiger partial charge on any atom is 0.224 e. The molecule has 1 aliphatic rings. The zero-order chi connectivity index (χ0) is 14.1. The van der Waals surface area contributed by atoms with Gasteiger partial charge in [0.1, 0.15) is 0 Å². The Labute approximate surface area is 114 Å². The van der Waals surface area contributed by atoms with Crippen molar-refractivity contribution in [2.75, 3.05) is 11.5 Å². The molecular weight excluding hydrogens is 262 g/mol. The van der Waals surface area contributed by atoms with E-state index in [4.69, 9.17) is 0 Å². The van der Waals surface area contributed by atoms with Crippen LogP contribution in [0, 0.1) is 6.92 Å². The van der Waals surface area contributed by atoms with E-state index in [0.29, 0.717) is 12.8 Å². The lowest BCUT2D eigenvalue weighted by atomic mass is 10.0. The quantitative estimate of drug-likeness (QED) is 0.906. The second-order valence-electron chi connectivity index (χ2n) is 5.55. The lowest BCUT2D eigenvalue weighted by Gasteiger charge is -2.24. The van der Waals surface area contributed by atoms with E-state index in [1.54, 1.807) is 6.92 Å². The highest BCUT2D eigenvalue weighted by molar-refractivity contribution is 7.91. The molecule has 0 aromatic heterocycles. The van der Waals surface area contributed by atoms with Crippen LogP contribution in [0.1, 0.15) is 24.5 Å². The number of hydrogen-bond donors (Lipinski definition) is 1. The second kappa shape index (κ2) is 4.96. The summed E-state index contributed by atoms with van der Waals surface area (Å²) < 4.78 is 23.0. The monoisotopic (exact) mass is 281 g/mol. The first kappa shape index (κ1) is 14.1. The van der Waals surface area contributed by atoms with E-state index in [0.717, 1.165) is 11.1 Å². The molecule has 1 aliphatic heterocycles. The van der Waals surface area contributed by atoms with Crippen molar-refractivity contribution in [1.82, 2.24) is 5.32 Å². The molecule has 4 nitrogen and oxygen atoms in total. The second-order valence-corrected chi connectivity index (χ2v) is 7.74. The van der Waals surface area contributed by atoms with Gasteiger partial charge in [0.2, 0.25) is 5.91 Å². The minimum Gasteiger partial charge on any atom is -0.350 e. The van der Waals surface area contributed by atoms with Crippen molar-refractivity contribution >= 4 is 15.7 Å². The third-order valence-electron chi connectivity index (χ3n) is 3.56. The number of carbonyl (C=O) groups is 1. The summed E-state index contributed by atoms with van der Waals surface area (Å²) in [5, 5.41) is 2.87. The molecule has 0 radical (unpaired) electrons. The molecule has 2 rings (SSSR count). The first-order valence-electron chi connectivity index (χ1n) is 6.36. The van der Waals surface area contributed by atoms with E-state index < -0.39 is 15.4 Å². The topological polar surface area (TPSA) is 63.2 Å². The van der Waals surface area contributed by atoms with E-state index in [-0.39, 0.29) is 17.4 Å². The van der Waals surface area contributed by atoms with Gasteiger partial charge in [0.15, 0.2) is 9.84 Å². The molecule has 1 aromatic carbocycles. The maximum absolute atomic E-state index is 12.0. The van der Waals surface area contributed by atoms with E-state index in [9.17, 15) is 13.2 Å². The molecule has 1 atom stereocenters. The Morgan fingerprint density at radius 2 is 2.05 bits per heavy atom. The molecular formula is C14H19NO3S. The van der Waals surface area contributed by atoms with Gasteiger partial charge in [-0.1, -0.05) is 24.3 Å². The fourth-order valence-corrected chi connectivity index (χ4v) is 4.56. The normalized spacial score (nSPS) is 25.2. The van der Waals surface area contributed by atoms with Crippen molar-refractivity contribution in [2.24, 2.45) is 0 Å². The Morgan fingerprint density at radius 1 is 1.37 bits per heavy atom. The minimum atomic E-state index is -3.00. The molecule has 0 spiro atoms. The van der Waals surface area contributed by atoms with Gasteiger partial charge >= 0.3 is 0 Å². The molecule has 0 aliphatic carbocycles. The SMILES string of the molecule is Cc1ccccc1CC(=O)NC1(C)CCS(=O)(=O)C1. The van der Waals surface area contributed by atoms with Crippen LogP contribution >= 0.6 is 0 Å². The molecule has 1 fully saturated rings. The smallest absolute Gasteiger partial charge is 0.224 e. The average Bonchev–Trinajstić information content (AvgIpc) is 2.56. The van der Waals surface area contributed by atoms with Gasteiger partial charge in [0, 0.05) is 0 Å². The summed E-state index contributed by atoms with van der Waals surface area (Å²) in [6.07, 6.45) is 0.789. The molecule has 5 heteroatoms. The van der Waals surface area contributed by atoms with E-state index in [2.05, 4.69) is 5.32 Å². The van der Waals surface area contributed by atoms with Crippen molar-refractivity contribution in [3.05, 3.63) is 35.4 Å².